The number of esters is 1. The van der Waals surface area contributed by atoms with E-state index in [1.54, 1.807) is 28.0 Å². The molecule has 1 fully saturated rings. The lowest BCUT2D eigenvalue weighted by Crippen LogP contribution is -2.36. The number of nitrogens with two attached hydrogens (primary N) is 1. The Labute approximate surface area is 158 Å². The van der Waals surface area contributed by atoms with Crippen molar-refractivity contribution in [2.45, 2.75) is 12.5 Å². The van der Waals surface area contributed by atoms with Gasteiger partial charge in [0.2, 0.25) is 0 Å². The number of ether oxygens (including phenoxy) is 2. The molecule has 27 heavy (non-hydrogen) atoms. The van der Waals surface area contributed by atoms with Crippen molar-refractivity contribution in [3.8, 4) is 5.75 Å². The van der Waals surface area contributed by atoms with Crippen molar-refractivity contribution in [3.63, 3.8) is 0 Å². The molecule has 0 aliphatic carbocycles. The lowest BCUT2D eigenvalue weighted by molar-refractivity contribution is 0.0600. The van der Waals surface area contributed by atoms with Crippen LogP contribution in [0.3, 0.4) is 0 Å². The number of carbonyl (C=O) groups is 2. The number of para-hydroxylation sites is 1. The molecule has 1 atom stereocenters. The molecule has 7 heteroatoms. The third-order valence-corrected chi connectivity index (χ3v) is 4.62. The zero-order valence-corrected chi connectivity index (χ0v) is 15.4. The van der Waals surface area contributed by atoms with E-state index in [2.05, 4.69) is 0 Å². The molecule has 0 saturated carbocycles. The third kappa shape index (κ3) is 3.59. The van der Waals surface area contributed by atoms with Gasteiger partial charge >= 0.3 is 12.0 Å². The number of benzene rings is 2. The molecule has 1 unspecified atom stereocenters. The Morgan fingerprint density at radius 3 is 2.56 bits per heavy atom. The van der Waals surface area contributed by atoms with Gasteiger partial charge in [0, 0.05) is 12.2 Å². The number of nitrogens with zero attached hydrogens (tertiary/aromatic N) is 2. The van der Waals surface area contributed by atoms with Crippen LogP contribution in [0.1, 0.15) is 16.8 Å². The van der Waals surface area contributed by atoms with E-state index in [1.807, 2.05) is 30.3 Å². The van der Waals surface area contributed by atoms with Crippen LogP contribution in [-0.2, 0) is 4.74 Å². The van der Waals surface area contributed by atoms with Gasteiger partial charge in [-0.1, -0.05) is 18.2 Å². The molecule has 1 aliphatic rings. The maximum absolute atomic E-state index is 13.2. The summed E-state index contributed by atoms with van der Waals surface area (Å²) in [5, 5.41) is 0. The van der Waals surface area contributed by atoms with Crippen LogP contribution in [0.25, 0.3) is 0 Å². The fraction of sp³-hybridized carbons (Fsp3) is 0.300. The van der Waals surface area contributed by atoms with Crippen LogP contribution in [0.5, 0.6) is 5.75 Å². The second kappa shape index (κ2) is 8.09. The minimum Gasteiger partial charge on any atom is -0.495 e. The lowest BCUT2D eigenvalue weighted by Gasteiger charge is -2.25. The van der Waals surface area contributed by atoms with Gasteiger partial charge in [0.25, 0.3) is 0 Å². The molecule has 2 N–H and O–H groups in total. The molecular formula is C20H23N3O4. The first-order chi connectivity index (χ1) is 13.1. The highest BCUT2D eigenvalue weighted by molar-refractivity contribution is 6.08. The molecule has 2 aromatic carbocycles. The molecule has 142 valence electrons. The molecule has 1 heterocycles. The van der Waals surface area contributed by atoms with Crippen LogP contribution < -0.4 is 20.3 Å². The average molecular weight is 369 g/mol. The minimum atomic E-state index is -0.461. The topological polar surface area (TPSA) is 85.1 Å². The van der Waals surface area contributed by atoms with Gasteiger partial charge in [-0.25, -0.2) is 9.59 Å². The van der Waals surface area contributed by atoms with Gasteiger partial charge in [-0.2, -0.15) is 0 Å². The van der Waals surface area contributed by atoms with Crippen molar-refractivity contribution < 1.29 is 19.1 Å². The summed E-state index contributed by atoms with van der Waals surface area (Å²) < 4.78 is 10.2. The summed E-state index contributed by atoms with van der Waals surface area (Å²) in [6.07, 6.45) is 0.650. The van der Waals surface area contributed by atoms with E-state index in [4.69, 9.17) is 15.2 Å². The SMILES string of the molecule is COC(=O)c1ccc(N2C(=O)N(c3ccccc3)CC2CCN)c(OC)c1. The van der Waals surface area contributed by atoms with Crippen LogP contribution in [-0.4, -0.2) is 45.4 Å². The van der Waals surface area contributed by atoms with Gasteiger partial charge in [-0.3, -0.25) is 9.80 Å². The summed E-state index contributed by atoms with van der Waals surface area (Å²) >= 11 is 0. The number of rotatable bonds is 6. The number of anilines is 2. The fourth-order valence-electron chi connectivity index (χ4n) is 3.31. The summed E-state index contributed by atoms with van der Waals surface area (Å²) in [7, 11) is 2.83. The second-order valence-electron chi connectivity index (χ2n) is 6.21. The van der Waals surface area contributed by atoms with E-state index < -0.39 is 5.97 Å². The Morgan fingerprint density at radius 2 is 1.93 bits per heavy atom. The highest BCUT2D eigenvalue weighted by Crippen LogP contribution is 2.36. The molecule has 1 saturated heterocycles. The zero-order valence-electron chi connectivity index (χ0n) is 15.4. The molecule has 7 nitrogen and oxygen atoms in total. The summed E-state index contributed by atoms with van der Waals surface area (Å²) in [5.41, 5.74) is 7.58. The molecule has 2 aromatic rings. The molecule has 0 spiro atoms. The van der Waals surface area contributed by atoms with E-state index in [9.17, 15) is 9.59 Å². The summed E-state index contributed by atoms with van der Waals surface area (Å²) in [6.45, 7) is 0.988. The first-order valence-electron chi connectivity index (χ1n) is 8.73. The smallest absolute Gasteiger partial charge is 0.337 e. The number of amides is 2. The van der Waals surface area contributed by atoms with Crippen LogP contribution >= 0.6 is 0 Å². The van der Waals surface area contributed by atoms with E-state index in [-0.39, 0.29) is 12.1 Å². The molecule has 0 radical (unpaired) electrons. The third-order valence-electron chi connectivity index (χ3n) is 4.62. The monoisotopic (exact) mass is 369 g/mol. The first kappa shape index (κ1) is 18.7. The molecule has 0 aromatic heterocycles. The standard InChI is InChI=1S/C20H23N3O4/c1-26-18-12-14(19(24)27-2)8-9-17(18)23-16(10-11-21)13-22(20(23)25)15-6-4-3-5-7-15/h3-9,12,16H,10-11,13,21H2,1-2H3. The Bertz CT molecular complexity index is 825. The van der Waals surface area contributed by atoms with Gasteiger partial charge in [0.15, 0.2) is 0 Å². The quantitative estimate of drug-likeness (QED) is 0.791. The maximum atomic E-state index is 13.2. The molecular weight excluding hydrogens is 346 g/mol. The van der Waals surface area contributed by atoms with Crippen molar-refractivity contribution in [2.24, 2.45) is 5.73 Å². The highest BCUT2D eigenvalue weighted by atomic mass is 16.5. The Hall–Kier alpha value is -3.06. The number of carbonyl (C=O) groups excluding carboxylic acids is 2. The van der Waals surface area contributed by atoms with Gasteiger partial charge in [-0.15, -0.1) is 0 Å². The van der Waals surface area contributed by atoms with E-state index in [1.165, 1.54) is 14.2 Å². The summed E-state index contributed by atoms with van der Waals surface area (Å²) in [4.78, 5) is 28.4. The Morgan fingerprint density at radius 1 is 1.19 bits per heavy atom. The zero-order chi connectivity index (χ0) is 19.4. The molecule has 2 amide bonds. The lowest BCUT2D eigenvalue weighted by atomic mass is 10.1. The second-order valence-corrected chi connectivity index (χ2v) is 6.21. The van der Waals surface area contributed by atoms with Crippen molar-refractivity contribution in [3.05, 3.63) is 54.1 Å². The van der Waals surface area contributed by atoms with Gasteiger partial charge in [-0.05, 0) is 43.3 Å². The van der Waals surface area contributed by atoms with E-state index >= 15 is 0 Å². The predicted octanol–water partition coefficient (Wildman–Crippen LogP) is 2.65. The first-order valence-corrected chi connectivity index (χ1v) is 8.73. The maximum Gasteiger partial charge on any atom is 0.337 e. The number of urea groups is 1. The number of hydrogen-bond acceptors (Lipinski definition) is 5. The van der Waals surface area contributed by atoms with E-state index in [0.29, 0.717) is 36.5 Å². The number of hydrogen-bond donors (Lipinski definition) is 1. The molecule has 1 aliphatic heterocycles. The summed E-state index contributed by atoms with van der Waals surface area (Å²) in [6, 6.07) is 14.2. The normalized spacial score (nSPS) is 16.6. The van der Waals surface area contributed by atoms with Crippen molar-refractivity contribution in [2.75, 3.05) is 37.1 Å². The minimum absolute atomic E-state index is 0.0967. The molecule has 0 bridgehead atoms. The van der Waals surface area contributed by atoms with Gasteiger partial charge in [0.05, 0.1) is 31.5 Å². The van der Waals surface area contributed by atoms with Crippen LogP contribution in [0.15, 0.2) is 48.5 Å². The molecule has 3 rings (SSSR count). The van der Waals surface area contributed by atoms with E-state index in [0.717, 1.165) is 5.69 Å². The largest absolute Gasteiger partial charge is 0.495 e. The highest BCUT2D eigenvalue weighted by Gasteiger charge is 2.39. The van der Waals surface area contributed by atoms with Crippen LogP contribution in [0, 0.1) is 0 Å². The van der Waals surface area contributed by atoms with Crippen molar-refractivity contribution >= 4 is 23.4 Å². The van der Waals surface area contributed by atoms with Crippen molar-refractivity contribution in [1.82, 2.24) is 0 Å². The van der Waals surface area contributed by atoms with Crippen molar-refractivity contribution in [1.29, 1.82) is 0 Å². The fourth-order valence-corrected chi connectivity index (χ4v) is 3.31. The van der Waals surface area contributed by atoms with Gasteiger partial charge in [0.1, 0.15) is 5.75 Å². The Balaban J connectivity index is 2.00. The van der Waals surface area contributed by atoms with Crippen LogP contribution in [0.2, 0.25) is 0 Å². The van der Waals surface area contributed by atoms with Crippen LogP contribution in [0.4, 0.5) is 16.2 Å². The summed E-state index contributed by atoms with van der Waals surface area (Å²) in [5.74, 6) is -0.0276. The predicted molar refractivity (Wildman–Crippen MR) is 103 cm³/mol. The Kier molecular flexibility index (Phi) is 5.61. The average Bonchev–Trinajstić information content (AvgIpc) is 3.03. The van der Waals surface area contributed by atoms with Gasteiger partial charge < -0.3 is 15.2 Å². The number of methoxy groups -OCH3 is 2.